The second-order valence-corrected chi connectivity index (χ2v) is 9.37. The van der Waals surface area contributed by atoms with E-state index in [2.05, 4.69) is 15.6 Å². The number of aromatic nitrogens is 3. The molecule has 1 aromatic heterocycles. The number of esters is 1. The Morgan fingerprint density at radius 1 is 1.10 bits per heavy atom. The van der Waals surface area contributed by atoms with Crippen LogP contribution in [0.2, 0.25) is 0 Å². The lowest BCUT2D eigenvalue weighted by atomic mass is 10.0. The normalized spacial score (nSPS) is 15.5. The first-order valence-electron chi connectivity index (χ1n) is 12.9. The number of nitrogens with one attached hydrogen (secondary N) is 1. The maximum atomic E-state index is 14.0. The minimum absolute atomic E-state index is 0.122. The smallest absolute Gasteiger partial charge is 0.337 e. The molecular weight excluding hydrogens is 517 g/mol. The van der Waals surface area contributed by atoms with Crippen molar-refractivity contribution >= 4 is 34.5 Å². The van der Waals surface area contributed by atoms with Crippen LogP contribution >= 0.6 is 0 Å². The van der Waals surface area contributed by atoms with Crippen LogP contribution in [0.15, 0.2) is 72.8 Å². The van der Waals surface area contributed by atoms with E-state index in [1.54, 1.807) is 24.3 Å². The van der Waals surface area contributed by atoms with Gasteiger partial charge in [0.25, 0.3) is 0 Å². The molecule has 2 amide bonds. The van der Waals surface area contributed by atoms with Gasteiger partial charge < -0.3 is 14.8 Å². The molecule has 0 aliphatic carbocycles. The zero-order valence-corrected chi connectivity index (χ0v) is 21.8. The van der Waals surface area contributed by atoms with Crippen molar-refractivity contribution in [2.45, 2.75) is 31.5 Å². The number of ether oxygens (including phenoxy) is 2. The van der Waals surface area contributed by atoms with Crippen LogP contribution in [0.3, 0.4) is 0 Å². The molecule has 1 fully saturated rings. The van der Waals surface area contributed by atoms with E-state index in [4.69, 9.17) is 9.47 Å². The van der Waals surface area contributed by atoms with Gasteiger partial charge in [-0.25, -0.2) is 13.9 Å². The molecule has 2 atom stereocenters. The van der Waals surface area contributed by atoms with Crippen molar-refractivity contribution in [1.29, 1.82) is 0 Å². The predicted octanol–water partition coefficient (Wildman–Crippen LogP) is 3.43. The van der Waals surface area contributed by atoms with E-state index in [9.17, 15) is 18.8 Å². The number of carbonyl (C=O) groups is 3. The Morgan fingerprint density at radius 2 is 1.85 bits per heavy atom. The molecule has 4 aromatic rings. The molecule has 10 nitrogen and oxygen atoms in total. The fourth-order valence-corrected chi connectivity index (χ4v) is 4.73. The Hall–Kier alpha value is -4.64. The molecule has 0 unspecified atom stereocenters. The molecule has 2 heterocycles. The van der Waals surface area contributed by atoms with Gasteiger partial charge in [0.05, 0.1) is 24.3 Å². The van der Waals surface area contributed by atoms with Crippen LogP contribution in [0.5, 0.6) is 0 Å². The molecular formula is C29H28FN5O5. The molecule has 40 heavy (non-hydrogen) atoms. The van der Waals surface area contributed by atoms with E-state index in [-0.39, 0.29) is 24.8 Å². The van der Waals surface area contributed by atoms with Crippen molar-refractivity contribution in [3.8, 4) is 0 Å². The van der Waals surface area contributed by atoms with Gasteiger partial charge in [0, 0.05) is 18.8 Å². The van der Waals surface area contributed by atoms with Gasteiger partial charge in [-0.15, -0.1) is 5.10 Å². The quantitative estimate of drug-likeness (QED) is 0.321. The van der Waals surface area contributed by atoms with Crippen molar-refractivity contribution in [2.75, 3.05) is 25.2 Å². The third-order valence-corrected chi connectivity index (χ3v) is 6.76. The molecule has 206 valence electrons. The van der Waals surface area contributed by atoms with Crippen LogP contribution in [0.25, 0.3) is 11.0 Å². The fourth-order valence-electron chi connectivity index (χ4n) is 4.73. The number of hydrogen-bond acceptors (Lipinski definition) is 7. The third kappa shape index (κ3) is 5.84. The summed E-state index contributed by atoms with van der Waals surface area (Å²) in [6.07, 6.45) is 1.60. The first-order chi connectivity index (χ1) is 19.4. The van der Waals surface area contributed by atoms with Gasteiger partial charge in [0.15, 0.2) is 0 Å². The molecule has 1 aliphatic rings. The number of amides is 2. The predicted molar refractivity (Wildman–Crippen MR) is 144 cm³/mol. The van der Waals surface area contributed by atoms with Gasteiger partial charge in [-0.05, 0) is 66.9 Å². The summed E-state index contributed by atoms with van der Waals surface area (Å²) >= 11 is 0. The topological polar surface area (TPSA) is 116 Å². The number of rotatable bonds is 9. The fraction of sp³-hybridized carbons (Fsp3) is 0.276. The Kier molecular flexibility index (Phi) is 8.11. The highest BCUT2D eigenvalue weighted by molar-refractivity contribution is 6.02. The minimum atomic E-state index is -1.16. The Bertz CT molecular complexity index is 1500. The number of fused-ring (bicyclic) bond motifs is 1. The summed E-state index contributed by atoms with van der Waals surface area (Å²) in [5.41, 5.74) is 2.30. The number of halogens is 1. The minimum Gasteiger partial charge on any atom is -0.465 e. The molecule has 0 bridgehead atoms. The van der Waals surface area contributed by atoms with E-state index in [0.29, 0.717) is 28.9 Å². The van der Waals surface area contributed by atoms with Crippen molar-refractivity contribution in [3.05, 3.63) is 89.7 Å². The second-order valence-electron chi connectivity index (χ2n) is 9.37. The standard InChI is InChI=1S/C29H28FN5O5/c1-39-29(38)20-10-14-22(15-11-20)35(26(36)18-34-25-7-3-2-6-24(25)32-33-34)27(19-8-12-21(30)13-9-19)28(37)31-17-23-5-4-16-40-23/h2-3,6-15,23,27H,4-5,16-18H2,1H3,(H,31,37)/t23-,27+/m0/s1. The average Bonchev–Trinajstić information content (AvgIpc) is 3.65. The molecule has 0 spiro atoms. The van der Waals surface area contributed by atoms with E-state index in [1.807, 2.05) is 12.1 Å². The zero-order valence-electron chi connectivity index (χ0n) is 21.8. The Balaban J connectivity index is 1.54. The first kappa shape index (κ1) is 26.9. The monoisotopic (exact) mass is 545 g/mol. The summed E-state index contributed by atoms with van der Waals surface area (Å²) in [7, 11) is 1.28. The van der Waals surface area contributed by atoms with Gasteiger partial charge in [-0.3, -0.25) is 14.5 Å². The molecule has 1 saturated heterocycles. The molecule has 1 N–H and O–H groups in total. The number of nitrogens with zero attached hydrogens (tertiary/aromatic N) is 4. The number of anilines is 1. The Morgan fingerprint density at radius 3 is 2.55 bits per heavy atom. The maximum absolute atomic E-state index is 14.0. The van der Waals surface area contributed by atoms with Crippen LogP contribution in [0.4, 0.5) is 10.1 Å². The maximum Gasteiger partial charge on any atom is 0.337 e. The average molecular weight is 546 g/mol. The molecule has 11 heteroatoms. The summed E-state index contributed by atoms with van der Waals surface area (Å²) < 4.78 is 25.8. The van der Waals surface area contributed by atoms with Gasteiger partial charge >= 0.3 is 5.97 Å². The summed E-state index contributed by atoms with van der Waals surface area (Å²) in [4.78, 5) is 41.2. The summed E-state index contributed by atoms with van der Waals surface area (Å²) in [6, 6.07) is 17.6. The molecule has 1 aliphatic heterocycles. The third-order valence-electron chi connectivity index (χ3n) is 6.76. The summed E-state index contributed by atoms with van der Waals surface area (Å²) in [6.45, 7) is 0.675. The molecule has 0 radical (unpaired) electrons. The highest BCUT2D eigenvalue weighted by Gasteiger charge is 2.34. The number of benzene rings is 3. The molecule has 3 aromatic carbocycles. The Labute approximate surface area is 229 Å². The van der Waals surface area contributed by atoms with Crippen molar-refractivity contribution in [2.24, 2.45) is 0 Å². The zero-order chi connectivity index (χ0) is 28.1. The summed E-state index contributed by atoms with van der Waals surface area (Å²) in [5.74, 6) is -1.95. The lowest BCUT2D eigenvalue weighted by Crippen LogP contribution is -2.46. The second kappa shape index (κ2) is 12.0. The van der Waals surface area contributed by atoms with E-state index >= 15 is 0 Å². The molecule has 5 rings (SSSR count). The van der Waals surface area contributed by atoms with Crippen molar-refractivity contribution in [3.63, 3.8) is 0 Å². The number of methoxy groups -OCH3 is 1. The first-order valence-corrected chi connectivity index (χ1v) is 12.9. The van der Waals surface area contributed by atoms with Crippen LogP contribution in [-0.4, -0.2) is 59.1 Å². The summed E-state index contributed by atoms with van der Waals surface area (Å²) in [5, 5.41) is 11.2. The van der Waals surface area contributed by atoms with Gasteiger partial charge in [-0.1, -0.05) is 29.5 Å². The number of carbonyl (C=O) groups excluding carboxylic acids is 3. The van der Waals surface area contributed by atoms with E-state index < -0.39 is 29.6 Å². The largest absolute Gasteiger partial charge is 0.465 e. The molecule has 0 saturated carbocycles. The van der Waals surface area contributed by atoms with Crippen LogP contribution in [-0.2, 0) is 25.6 Å². The van der Waals surface area contributed by atoms with Crippen molar-refractivity contribution in [1.82, 2.24) is 20.3 Å². The highest BCUT2D eigenvalue weighted by atomic mass is 19.1. The number of hydrogen-bond donors (Lipinski definition) is 1. The highest BCUT2D eigenvalue weighted by Crippen LogP contribution is 2.30. The van der Waals surface area contributed by atoms with Gasteiger partial charge in [-0.2, -0.15) is 0 Å². The van der Waals surface area contributed by atoms with Gasteiger partial charge in [0.1, 0.15) is 23.9 Å². The van der Waals surface area contributed by atoms with Crippen LogP contribution in [0.1, 0.15) is 34.8 Å². The lowest BCUT2D eigenvalue weighted by molar-refractivity contribution is -0.127. The van der Waals surface area contributed by atoms with E-state index in [1.165, 1.54) is 53.1 Å². The lowest BCUT2D eigenvalue weighted by Gasteiger charge is -2.32. The SMILES string of the molecule is COC(=O)c1ccc(N(C(=O)Cn2nnc3ccccc32)[C@@H](C(=O)NC[C@@H]2CCCO2)c2ccc(F)cc2)cc1. The van der Waals surface area contributed by atoms with Gasteiger partial charge in [0.2, 0.25) is 11.8 Å². The van der Waals surface area contributed by atoms with Crippen molar-refractivity contribution < 1.29 is 28.2 Å². The number of para-hydroxylation sites is 1. The van der Waals surface area contributed by atoms with E-state index in [0.717, 1.165) is 12.8 Å². The van der Waals surface area contributed by atoms with Crippen LogP contribution in [0, 0.1) is 5.82 Å². The van der Waals surface area contributed by atoms with Crippen LogP contribution < -0.4 is 10.2 Å².